The van der Waals surface area contributed by atoms with Crippen molar-refractivity contribution in [2.24, 2.45) is 0 Å². The topological polar surface area (TPSA) is 65.8 Å². The quantitative estimate of drug-likeness (QED) is 0.506. The number of hydrogen-bond acceptors (Lipinski definition) is 5. The zero-order valence-corrected chi connectivity index (χ0v) is 16.8. The fourth-order valence-electron chi connectivity index (χ4n) is 3.64. The number of carbonyl (C=O) groups excluding carboxylic acids is 1. The number of carbonyl (C=O) groups is 1. The van der Waals surface area contributed by atoms with Crippen molar-refractivity contribution in [3.63, 3.8) is 0 Å². The molecule has 2 heterocycles. The normalized spacial score (nSPS) is 15.0. The van der Waals surface area contributed by atoms with E-state index in [1.807, 2.05) is 59.5 Å². The number of para-hydroxylation sites is 1. The SMILES string of the molecule is O=C(/C=C/c1ccccc1)N1CCN(CCNc2cc(=O)oc3ccccc23)CC1. The Kier molecular flexibility index (Phi) is 6.25. The van der Waals surface area contributed by atoms with Crippen LogP contribution in [0.5, 0.6) is 0 Å². The highest BCUT2D eigenvalue weighted by Crippen LogP contribution is 2.20. The molecule has 3 aromatic rings. The first kappa shape index (κ1) is 19.9. The third kappa shape index (κ3) is 4.96. The van der Waals surface area contributed by atoms with Crippen molar-refractivity contribution in [1.82, 2.24) is 9.80 Å². The van der Waals surface area contributed by atoms with Gasteiger partial charge in [0, 0.05) is 56.8 Å². The molecule has 1 aliphatic heterocycles. The molecule has 1 aromatic heterocycles. The van der Waals surface area contributed by atoms with Crippen LogP contribution in [-0.4, -0.2) is 55.0 Å². The molecule has 0 saturated carbocycles. The van der Waals surface area contributed by atoms with E-state index < -0.39 is 0 Å². The van der Waals surface area contributed by atoms with Crippen LogP contribution < -0.4 is 10.9 Å². The van der Waals surface area contributed by atoms with E-state index in [0.717, 1.165) is 55.9 Å². The summed E-state index contributed by atoms with van der Waals surface area (Å²) in [5.74, 6) is 0.0547. The lowest BCUT2D eigenvalue weighted by Crippen LogP contribution is -2.49. The van der Waals surface area contributed by atoms with Gasteiger partial charge in [-0.15, -0.1) is 0 Å². The van der Waals surface area contributed by atoms with Gasteiger partial charge in [-0.05, 0) is 23.8 Å². The molecule has 1 aliphatic rings. The summed E-state index contributed by atoms with van der Waals surface area (Å²) in [7, 11) is 0. The molecule has 30 heavy (non-hydrogen) atoms. The second-order valence-corrected chi connectivity index (χ2v) is 7.31. The van der Waals surface area contributed by atoms with E-state index >= 15 is 0 Å². The molecule has 0 aliphatic carbocycles. The molecule has 0 radical (unpaired) electrons. The molecule has 6 heteroatoms. The van der Waals surface area contributed by atoms with Gasteiger partial charge < -0.3 is 14.6 Å². The van der Waals surface area contributed by atoms with E-state index in [1.54, 1.807) is 12.1 Å². The average molecular weight is 403 g/mol. The summed E-state index contributed by atoms with van der Waals surface area (Å²) in [6, 6.07) is 18.9. The predicted molar refractivity (Wildman–Crippen MR) is 119 cm³/mol. The molecule has 1 fully saturated rings. The number of amides is 1. The summed E-state index contributed by atoms with van der Waals surface area (Å²) in [6.45, 7) is 4.67. The summed E-state index contributed by atoms with van der Waals surface area (Å²) in [6.07, 6.45) is 3.51. The van der Waals surface area contributed by atoms with Gasteiger partial charge in [-0.1, -0.05) is 42.5 Å². The van der Waals surface area contributed by atoms with Gasteiger partial charge in [-0.3, -0.25) is 9.69 Å². The Morgan fingerprint density at radius 3 is 2.53 bits per heavy atom. The Bertz CT molecular complexity index is 1080. The maximum Gasteiger partial charge on any atom is 0.338 e. The molecule has 4 rings (SSSR count). The lowest BCUT2D eigenvalue weighted by atomic mass is 10.2. The van der Waals surface area contributed by atoms with E-state index in [2.05, 4.69) is 10.2 Å². The molecule has 154 valence electrons. The van der Waals surface area contributed by atoms with Crippen LogP contribution >= 0.6 is 0 Å². The number of anilines is 1. The van der Waals surface area contributed by atoms with Crippen molar-refractivity contribution in [1.29, 1.82) is 0 Å². The summed E-state index contributed by atoms with van der Waals surface area (Å²) < 4.78 is 5.23. The number of fused-ring (bicyclic) bond motifs is 1. The maximum absolute atomic E-state index is 12.4. The van der Waals surface area contributed by atoms with Gasteiger partial charge >= 0.3 is 5.63 Å². The van der Waals surface area contributed by atoms with Gasteiger partial charge in [-0.2, -0.15) is 0 Å². The molecule has 0 unspecified atom stereocenters. The molecule has 6 nitrogen and oxygen atoms in total. The zero-order valence-electron chi connectivity index (χ0n) is 16.8. The standard InChI is InChI=1S/C24H25N3O3/c28-23(11-10-19-6-2-1-3-7-19)27-16-14-26(15-17-27)13-12-25-21-18-24(29)30-22-9-5-4-8-20(21)22/h1-11,18,25H,12-17H2/b11-10+. The van der Waals surface area contributed by atoms with Crippen LogP contribution in [0.3, 0.4) is 0 Å². The molecule has 0 bridgehead atoms. The minimum atomic E-state index is -0.355. The lowest BCUT2D eigenvalue weighted by molar-refractivity contribution is -0.127. The first-order chi connectivity index (χ1) is 14.7. The van der Waals surface area contributed by atoms with E-state index in [4.69, 9.17) is 4.42 Å². The number of nitrogens with one attached hydrogen (secondary N) is 1. The number of hydrogen-bond donors (Lipinski definition) is 1. The van der Waals surface area contributed by atoms with Gasteiger partial charge in [0.2, 0.25) is 5.91 Å². The minimum Gasteiger partial charge on any atom is -0.423 e. The van der Waals surface area contributed by atoms with E-state index in [1.165, 1.54) is 6.07 Å². The van der Waals surface area contributed by atoms with Crippen molar-refractivity contribution in [2.45, 2.75) is 0 Å². The van der Waals surface area contributed by atoms with E-state index in [9.17, 15) is 9.59 Å². The second kappa shape index (κ2) is 9.41. The fourth-order valence-corrected chi connectivity index (χ4v) is 3.64. The van der Waals surface area contributed by atoms with E-state index in [0.29, 0.717) is 5.58 Å². The van der Waals surface area contributed by atoms with Crippen LogP contribution in [0, 0.1) is 0 Å². The molecule has 1 amide bonds. The van der Waals surface area contributed by atoms with Crippen LogP contribution in [0.4, 0.5) is 5.69 Å². The van der Waals surface area contributed by atoms with Crippen molar-refractivity contribution < 1.29 is 9.21 Å². The highest BCUT2D eigenvalue weighted by atomic mass is 16.4. The monoisotopic (exact) mass is 403 g/mol. The van der Waals surface area contributed by atoms with Gasteiger partial charge in [0.25, 0.3) is 0 Å². The number of benzene rings is 2. The number of rotatable bonds is 6. The Hall–Kier alpha value is -3.38. The Balaban J connectivity index is 1.25. The molecule has 1 N–H and O–H groups in total. The third-order valence-corrected chi connectivity index (χ3v) is 5.30. The van der Waals surface area contributed by atoms with Crippen molar-refractivity contribution in [3.8, 4) is 0 Å². The molecule has 1 saturated heterocycles. The van der Waals surface area contributed by atoms with Gasteiger partial charge in [0.05, 0.1) is 5.69 Å². The zero-order chi connectivity index (χ0) is 20.8. The smallest absolute Gasteiger partial charge is 0.338 e. The van der Waals surface area contributed by atoms with Gasteiger partial charge in [0.1, 0.15) is 5.58 Å². The van der Waals surface area contributed by atoms with Crippen LogP contribution in [0.1, 0.15) is 5.56 Å². The highest BCUT2D eigenvalue weighted by molar-refractivity contribution is 5.92. The first-order valence-corrected chi connectivity index (χ1v) is 10.2. The summed E-state index contributed by atoms with van der Waals surface area (Å²) in [5.41, 5.74) is 2.05. The second-order valence-electron chi connectivity index (χ2n) is 7.31. The Labute approximate surface area is 175 Å². The average Bonchev–Trinajstić information content (AvgIpc) is 2.78. The highest BCUT2D eigenvalue weighted by Gasteiger charge is 2.19. The lowest BCUT2D eigenvalue weighted by Gasteiger charge is -2.34. The first-order valence-electron chi connectivity index (χ1n) is 10.2. The van der Waals surface area contributed by atoms with Crippen LogP contribution in [0.25, 0.3) is 17.0 Å². The van der Waals surface area contributed by atoms with Gasteiger partial charge in [-0.25, -0.2) is 4.79 Å². The molecule has 0 atom stereocenters. The number of piperazine rings is 1. The van der Waals surface area contributed by atoms with Gasteiger partial charge in [0.15, 0.2) is 0 Å². The molecule has 0 spiro atoms. The molecular formula is C24H25N3O3. The van der Waals surface area contributed by atoms with Crippen LogP contribution in [-0.2, 0) is 4.79 Å². The summed E-state index contributed by atoms with van der Waals surface area (Å²) in [4.78, 5) is 28.4. The van der Waals surface area contributed by atoms with Crippen LogP contribution in [0.2, 0.25) is 0 Å². The minimum absolute atomic E-state index is 0.0547. The predicted octanol–water partition coefficient (Wildman–Crippen LogP) is 3.06. The summed E-state index contributed by atoms with van der Waals surface area (Å²) >= 11 is 0. The summed E-state index contributed by atoms with van der Waals surface area (Å²) in [5, 5.41) is 4.26. The molecular weight excluding hydrogens is 378 g/mol. The van der Waals surface area contributed by atoms with Crippen molar-refractivity contribution in [2.75, 3.05) is 44.6 Å². The maximum atomic E-state index is 12.4. The van der Waals surface area contributed by atoms with Crippen molar-refractivity contribution >= 4 is 28.6 Å². The fraction of sp³-hybridized carbons (Fsp3) is 0.250. The largest absolute Gasteiger partial charge is 0.423 e. The Morgan fingerprint density at radius 2 is 1.73 bits per heavy atom. The van der Waals surface area contributed by atoms with Crippen LogP contribution in [0.15, 0.2) is 76.0 Å². The number of nitrogens with zero attached hydrogens (tertiary/aromatic N) is 2. The Morgan fingerprint density at radius 1 is 1.00 bits per heavy atom. The van der Waals surface area contributed by atoms with Crippen molar-refractivity contribution in [3.05, 3.63) is 82.7 Å². The molecule has 2 aromatic carbocycles. The third-order valence-electron chi connectivity index (χ3n) is 5.30. The van der Waals surface area contributed by atoms with E-state index in [-0.39, 0.29) is 11.5 Å².